The van der Waals surface area contributed by atoms with E-state index in [-0.39, 0.29) is 5.91 Å². The highest BCUT2D eigenvalue weighted by Crippen LogP contribution is 2.23. The van der Waals surface area contributed by atoms with Gasteiger partial charge in [0.15, 0.2) is 5.69 Å². The number of nitrogens with one attached hydrogen (secondary N) is 2. The molecule has 0 spiro atoms. The van der Waals surface area contributed by atoms with E-state index in [0.717, 1.165) is 53.2 Å². The molecule has 0 unspecified atom stereocenters. The van der Waals surface area contributed by atoms with Crippen LogP contribution in [0.5, 0.6) is 0 Å². The molecule has 1 aliphatic rings. The predicted molar refractivity (Wildman–Crippen MR) is 93.9 cm³/mol. The second-order valence-electron chi connectivity index (χ2n) is 5.91. The normalized spacial score (nSPS) is 13.5. The first kappa shape index (κ1) is 15.1. The van der Waals surface area contributed by atoms with Crippen LogP contribution in [0, 0.1) is 0 Å². The van der Waals surface area contributed by atoms with Crippen LogP contribution in [0.15, 0.2) is 35.7 Å². The molecule has 0 atom stereocenters. The molecular weight excluding hydrogens is 320 g/mol. The van der Waals surface area contributed by atoms with Gasteiger partial charge in [0.25, 0.3) is 5.91 Å². The highest BCUT2D eigenvalue weighted by Gasteiger charge is 2.21. The Bertz CT molecular complexity index is 853. The summed E-state index contributed by atoms with van der Waals surface area (Å²) in [5.41, 5.74) is 4.79. The van der Waals surface area contributed by atoms with Crippen LogP contribution in [0.4, 0.5) is 0 Å². The number of thiazole rings is 1. The Balaban J connectivity index is 1.43. The average molecular weight is 338 g/mol. The van der Waals surface area contributed by atoms with E-state index in [1.807, 2.05) is 35.7 Å². The summed E-state index contributed by atoms with van der Waals surface area (Å²) in [5.74, 6) is -0.120. The molecule has 2 N–H and O–H groups in total. The van der Waals surface area contributed by atoms with Crippen molar-refractivity contribution in [1.29, 1.82) is 0 Å². The molecule has 122 valence electrons. The number of amides is 1. The zero-order valence-electron chi connectivity index (χ0n) is 13.2. The Labute approximate surface area is 144 Å². The fourth-order valence-electron chi connectivity index (χ4n) is 3.04. The lowest BCUT2D eigenvalue weighted by Gasteiger charge is -2.10. The van der Waals surface area contributed by atoms with Gasteiger partial charge < -0.3 is 5.32 Å². The monoisotopic (exact) mass is 338 g/mol. The van der Waals surface area contributed by atoms with Crippen molar-refractivity contribution < 1.29 is 4.79 Å². The molecule has 2 aromatic heterocycles. The van der Waals surface area contributed by atoms with Gasteiger partial charge in [0.2, 0.25) is 0 Å². The number of aromatic nitrogens is 3. The number of H-pyrrole nitrogens is 1. The smallest absolute Gasteiger partial charge is 0.272 e. The number of fused-ring (bicyclic) bond motifs is 1. The van der Waals surface area contributed by atoms with Crippen molar-refractivity contribution in [1.82, 2.24) is 20.5 Å². The molecule has 0 radical (unpaired) electrons. The van der Waals surface area contributed by atoms with Crippen LogP contribution in [0.25, 0.3) is 11.3 Å². The Morgan fingerprint density at radius 1 is 1.21 bits per heavy atom. The summed E-state index contributed by atoms with van der Waals surface area (Å²) in [7, 11) is 0. The van der Waals surface area contributed by atoms with Gasteiger partial charge in [0, 0.05) is 22.2 Å². The van der Waals surface area contributed by atoms with Gasteiger partial charge in [-0.25, -0.2) is 4.98 Å². The lowest BCUT2D eigenvalue weighted by Crippen LogP contribution is -2.24. The molecule has 6 heteroatoms. The van der Waals surface area contributed by atoms with Crippen LogP contribution in [0.2, 0.25) is 0 Å². The van der Waals surface area contributed by atoms with Crippen LogP contribution in [-0.4, -0.2) is 21.1 Å². The number of hydrogen-bond acceptors (Lipinski definition) is 4. The summed E-state index contributed by atoms with van der Waals surface area (Å²) in [6.45, 7) is 0.429. The first-order valence-corrected chi connectivity index (χ1v) is 9.03. The van der Waals surface area contributed by atoms with Gasteiger partial charge in [0.05, 0.1) is 12.2 Å². The summed E-state index contributed by atoms with van der Waals surface area (Å²) >= 11 is 1.56. The predicted octanol–water partition coefficient (Wildman–Crippen LogP) is 3.34. The molecule has 24 heavy (non-hydrogen) atoms. The minimum atomic E-state index is -0.120. The topological polar surface area (TPSA) is 70.7 Å². The molecule has 0 saturated heterocycles. The summed E-state index contributed by atoms with van der Waals surface area (Å²) in [6.07, 6.45) is 4.21. The number of hydrogen-bond donors (Lipinski definition) is 2. The number of aryl methyl sites for hydroxylation is 1. The van der Waals surface area contributed by atoms with E-state index < -0.39 is 0 Å². The fourth-order valence-corrected chi connectivity index (χ4v) is 3.78. The molecule has 0 aliphatic heterocycles. The Kier molecular flexibility index (Phi) is 4.13. The molecule has 3 aromatic rings. The second kappa shape index (κ2) is 6.57. The third-order valence-corrected chi connectivity index (χ3v) is 5.14. The minimum Gasteiger partial charge on any atom is -0.344 e. The Hall–Kier alpha value is -2.47. The van der Waals surface area contributed by atoms with E-state index in [1.54, 1.807) is 11.3 Å². The molecule has 1 amide bonds. The number of nitrogens with zero attached hydrogens (tertiary/aromatic N) is 2. The highest BCUT2D eigenvalue weighted by atomic mass is 32.1. The van der Waals surface area contributed by atoms with Crippen LogP contribution in [-0.2, 0) is 19.4 Å². The third-order valence-electron chi connectivity index (χ3n) is 4.29. The fraction of sp³-hybridized carbons (Fsp3) is 0.278. The zero-order valence-corrected chi connectivity index (χ0v) is 14.0. The molecule has 1 aromatic carbocycles. The van der Waals surface area contributed by atoms with E-state index in [9.17, 15) is 4.79 Å². The lowest BCUT2D eigenvalue weighted by atomic mass is 9.96. The maximum absolute atomic E-state index is 12.4. The van der Waals surface area contributed by atoms with E-state index in [4.69, 9.17) is 0 Å². The molecular formula is C18H18N4OS. The van der Waals surface area contributed by atoms with Crippen molar-refractivity contribution in [2.24, 2.45) is 0 Å². The van der Waals surface area contributed by atoms with Crippen molar-refractivity contribution >= 4 is 17.2 Å². The summed E-state index contributed by atoms with van der Waals surface area (Å²) in [6, 6.07) is 10.1. The number of benzene rings is 1. The van der Waals surface area contributed by atoms with Crippen molar-refractivity contribution in [3.63, 3.8) is 0 Å². The number of carbonyl (C=O) groups is 1. The SMILES string of the molecule is O=C(NCc1nc(-c2ccccc2)cs1)c1n[nH]c2c1CCCC2. The summed E-state index contributed by atoms with van der Waals surface area (Å²) in [4.78, 5) is 17.0. The number of aromatic amines is 1. The Morgan fingerprint density at radius 2 is 2.04 bits per heavy atom. The largest absolute Gasteiger partial charge is 0.344 e. The van der Waals surface area contributed by atoms with Crippen LogP contribution in [0.3, 0.4) is 0 Å². The van der Waals surface area contributed by atoms with E-state index in [1.165, 1.54) is 0 Å². The molecule has 2 heterocycles. The first-order chi connectivity index (χ1) is 11.8. The average Bonchev–Trinajstić information content (AvgIpc) is 3.27. The quantitative estimate of drug-likeness (QED) is 0.766. The van der Waals surface area contributed by atoms with Crippen molar-refractivity contribution in [2.75, 3.05) is 0 Å². The van der Waals surface area contributed by atoms with Gasteiger partial charge in [0.1, 0.15) is 5.01 Å². The lowest BCUT2D eigenvalue weighted by molar-refractivity contribution is 0.0945. The summed E-state index contributed by atoms with van der Waals surface area (Å²) in [5, 5.41) is 13.1. The molecule has 5 nitrogen and oxygen atoms in total. The second-order valence-corrected chi connectivity index (χ2v) is 6.85. The summed E-state index contributed by atoms with van der Waals surface area (Å²) < 4.78 is 0. The molecule has 1 aliphatic carbocycles. The van der Waals surface area contributed by atoms with Crippen LogP contribution >= 0.6 is 11.3 Å². The first-order valence-electron chi connectivity index (χ1n) is 8.15. The standard InChI is InChI=1S/C18H18N4OS/c23-18(17-13-8-4-5-9-14(13)21-22-17)19-10-16-20-15(11-24-16)12-6-2-1-3-7-12/h1-3,6-7,11H,4-5,8-10H2,(H,19,23)(H,21,22). The van der Waals surface area contributed by atoms with Gasteiger partial charge in [-0.2, -0.15) is 5.10 Å². The van der Waals surface area contributed by atoms with Crippen molar-refractivity contribution in [3.8, 4) is 11.3 Å². The van der Waals surface area contributed by atoms with Gasteiger partial charge in [-0.1, -0.05) is 30.3 Å². The maximum atomic E-state index is 12.4. The third kappa shape index (κ3) is 2.97. The van der Waals surface area contributed by atoms with E-state index in [2.05, 4.69) is 20.5 Å². The van der Waals surface area contributed by atoms with Crippen LogP contribution < -0.4 is 5.32 Å². The van der Waals surface area contributed by atoms with Gasteiger partial charge in [-0.15, -0.1) is 11.3 Å². The molecule has 0 saturated carbocycles. The molecule has 0 fully saturated rings. The number of rotatable bonds is 4. The van der Waals surface area contributed by atoms with Gasteiger partial charge >= 0.3 is 0 Å². The van der Waals surface area contributed by atoms with Crippen molar-refractivity contribution in [2.45, 2.75) is 32.2 Å². The highest BCUT2D eigenvalue weighted by molar-refractivity contribution is 7.09. The van der Waals surface area contributed by atoms with Crippen LogP contribution in [0.1, 0.15) is 39.6 Å². The van der Waals surface area contributed by atoms with Gasteiger partial charge in [-0.3, -0.25) is 9.89 Å². The van der Waals surface area contributed by atoms with E-state index >= 15 is 0 Å². The maximum Gasteiger partial charge on any atom is 0.272 e. The molecule has 0 bridgehead atoms. The zero-order chi connectivity index (χ0) is 16.4. The van der Waals surface area contributed by atoms with Gasteiger partial charge in [-0.05, 0) is 25.7 Å². The Morgan fingerprint density at radius 3 is 2.92 bits per heavy atom. The minimum absolute atomic E-state index is 0.120. The molecule has 4 rings (SSSR count). The van der Waals surface area contributed by atoms with Crippen molar-refractivity contribution in [3.05, 3.63) is 57.7 Å². The number of carbonyl (C=O) groups excluding carboxylic acids is 1. The van der Waals surface area contributed by atoms with E-state index in [0.29, 0.717) is 12.2 Å².